The summed E-state index contributed by atoms with van der Waals surface area (Å²) in [6.07, 6.45) is 0. The number of benzene rings is 2. The third kappa shape index (κ3) is 2.87. The fourth-order valence-electron chi connectivity index (χ4n) is 2.13. The highest BCUT2D eigenvalue weighted by atomic mass is 35.5. The van der Waals surface area contributed by atoms with E-state index in [0.29, 0.717) is 21.7 Å². The molecule has 110 valence electrons. The molecule has 5 heteroatoms. The molecule has 0 saturated carbocycles. The van der Waals surface area contributed by atoms with Crippen LogP contribution in [0.25, 0.3) is 11.0 Å². The third-order valence-corrected chi connectivity index (χ3v) is 3.43. The van der Waals surface area contributed by atoms with Crippen LogP contribution >= 0.6 is 11.6 Å². The molecule has 0 atom stereocenters. The van der Waals surface area contributed by atoms with Crippen LogP contribution in [0, 0.1) is 6.92 Å². The zero-order valence-corrected chi connectivity index (χ0v) is 12.5. The summed E-state index contributed by atoms with van der Waals surface area (Å²) < 4.78 is 5.54. The minimum Gasteiger partial charge on any atom is -0.451 e. The highest BCUT2D eigenvalue weighted by molar-refractivity contribution is 6.30. The monoisotopic (exact) mass is 313 g/mol. The maximum Gasteiger partial charge on any atom is 0.291 e. The topological polar surface area (TPSA) is 59.3 Å². The fraction of sp³-hybridized carbons (Fsp3) is 0.0588. The van der Waals surface area contributed by atoms with Crippen LogP contribution in [0.3, 0.4) is 0 Å². The van der Waals surface area contributed by atoms with Gasteiger partial charge in [-0.25, -0.2) is 0 Å². The van der Waals surface area contributed by atoms with Crippen LogP contribution in [0.5, 0.6) is 0 Å². The first-order chi connectivity index (χ1) is 10.5. The first-order valence-electron chi connectivity index (χ1n) is 6.64. The lowest BCUT2D eigenvalue weighted by molar-refractivity contribution is 0.0997. The Morgan fingerprint density at radius 3 is 2.73 bits per heavy atom. The molecule has 3 rings (SSSR count). The summed E-state index contributed by atoms with van der Waals surface area (Å²) in [6, 6.07) is 13.2. The number of nitrogens with one attached hydrogen (secondary N) is 1. The van der Waals surface area contributed by atoms with Gasteiger partial charge >= 0.3 is 0 Å². The van der Waals surface area contributed by atoms with Gasteiger partial charge in [-0.15, -0.1) is 0 Å². The van der Waals surface area contributed by atoms with Gasteiger partial charge in [-0.3, -0.25) is 9.59 Å². The lowest BCUT2D eigenvalue weighted by Gasteiger charge is -2.06. The van der Waals surface area contributed by atoms with E-state index in [1.165, 1.54) is 6.07 Å². The first kappa shape index (κ1) is 14.4. The van der Waals surface area contributed by atoms with Crippen molar-refractivity contribution in [2.75, 3.05) is 5.32 Å². The highest BCUT2D eigenvalue weighted by Gasteiger charge is 2.13. The predicted molar refractivity (Wildman–Crippen MR) is 86.6 cm³/mol. The van der Waals surface area contributed by atoms with Gasteiger partial charge in [0.05, 0.1) is 5.39 Å². The third-order valence-electron chi connectivity index (χ3n) is 3.19. The van der Waals surface area contributed by atoms with Crippen LogP contribution in [-0.2, 0) is 0 Å². The zero-order chi connectivity index (χ0) is 15.7. The average molecular weight is 314 g/mol. The number of hydrogen-bond acceptors (Lipinski definition) is 3. The molecule has 0 unspecified atom stereocenters. The van der Waals surface area contributed by atoms with Crippen molar-refractivity contribution < 1.29 is 9.21 Å². The van der Waals surface area contributed by atoms with E-state index in [0.717, 1.165) is 5.56 Å². The maximum absolute atomic E-state index is 12.2. The minimum absolute atomic E-state index is 0.0388. The second-order valence-electron chi connectivity index (χ2n) is 4.94. The van der Waals surface area contributed by atoms with E-state index in [-0.39, 0.29) is 11.2 Å². The van der Waals surface area contributed by atoms with Gasteiger partial charge < -0.3 is 9.73 Å². The van der Waals surface area contributed by atoms with Crippen LogP contribution < -0.4 is 10.7 Å². The molecule has 22 heavy (non-hydrogen) atoms. The molecule has 1 heterocycles. The molecule has 0 fully saturated rings. The smallest absolute Gasteiger partial charge is 0.291 e. The van der Waals surface area contributed by atoms with Crippen LogP contribution in [0.4, 0.5) is 5.69 Å². The first-order valence-corrected chi connectivity index (χ1v) is 7.02. The van der Waals surface area contributed by atoms with Crippen molar-refractivity contribution in [3.8, 4) is 0 Å². The van der Waals surface area contributed by atoms with E-state index >= 15 is 0 Å². The fourth-order valence-corrected chi connectivity index (χ4v) is 2.32. The molecule has 3 aromatic rings. The van der Waals surface area contributed by atoms with E-state index in [1.54, 1.807) is 36.4 Å². The molecule has 1 aromatic heterocycles. The standard InChI is InChI=1S/C17H12ClNO3/c1-10-5-6-13-14(20)9-16(22-15(13)7-10)17(21)19-12-4-2-3-11(18)8-12/h2-9H,1H3,(H,19,21). The van der Waals surface area contributed by atoms with Gasteiger partial charge in [-0.05, 0) is 42.8 Å². The Labute approximate surface area is 131 Å². The van der Waals surface area contributed by atoms with Crippen LogP contribution in [0.15, 0.2) is 57.7 Å². The number of rotatable bonds is 2. The van der Waals surface area contributed by atoms with Gasteiger partial charge in [0, 0.05) is 16.8 Å². The Bertz CT molecular complexity index is 931. The van der Waals surface area contributed by atoms with Crippen molar-refractivity contribution in [3.63, 3.8) is 0 Å². The molecule has 0 bridgehead atoms. The molecule has 4 nitrogen and oxygen atoms in total. The van der Waals surface area contributed by atoms with Crippen LogP contribution in [-0.4, -0.2) is 5.91 Å². The molecule has 0 aliphatic heterocycles. The molecule has 1 N–H and O–H groups in total. The SMILES string of the molecule is Cc1ccc2c(=O)cc(C(=O)Nc3cccc(Cl)c3)oc2c1. The predicted octanol–water partition coefficient (Wildman–Crippen LogP) is 4.01. The summed E-state index contributed by atoms with van der Waals surface area (Å²) in [6.45, 7) is 1.89. The van der Waals surface area contributed by atoms with Gasteiger partial charge in [0.2, 0.25) is 0 Å². The Morgan fingerprint density at radius 1 is 1.14 bits per heavy atom. The van der Waals surface area contributed by atoms with Gasteiger partial charge in [0.25, 0.3) is 5.91 Å². The molecular weight excluding hydrogens is 302 g/mol. The molecule has 0 aliphatic rings. The number of hydrogen-bond donors (Lipinski definition) is 1. The van der Waals surface area contributed by atoms with Crippen molar-refractivity contribution in [2.24, 2.45) is 0 Å². The molecule has 0 aliphatic carbocycles. The Hall–Kier alpha value is -2.59. The lowest BCUT2D eigenvalue weighted by atomic mass is 10.1. The normalized spacial score (nSPS) is 10.6. The minimum atomic E-state index is -0.497. The molecule has 2 aromatic carbocycles. The van der Waals surface area contributed by atoms with Gasteiger partial charge in [-0.2, -0.15) is 0 Å². The van der Waals surface area contributed by atoms with Crippen molar-refractivity contribution >= 4 is 34.2 Å². The van der Waals surface area contributed by atoms with Gasteiger partial charge in [0.1, 0.15) is 5.58 Å². The lowest BCUT2D eigenvalue weighted by Crippen LogP contribution is -2.15. The zero-order valence-electron chi connectivity index (χ0n) is 11.7. The number of anilines is 1. The molecule has 0 spiro atoms. The number of halogens is 1. The Morgan fingerprint density at radius 2 is 1.95 bits per heavy atom. The summed E-state index contributed by atoms with van der Waals surface area (Å²) in [7, 11) is 0. The van der Waals surface area contributed by atoms with Gasteiger partial charge in [-0.1, -0.05) is 23.7 Å². The molecule has 0 radical (unpaired) electrons. The Balaban J connectivity index is 1.99. The summed E-state index contributed by atoms with van der Waals surface area (Å²) in [5, 5.41) is 3.61. The molecule has 1 amide bonds. The summed E-state index contributed by atoms with van der Waals surface area (Å²) in [5.41, 5.74) is 1.62. The van der Waals surface area contributed by atoms with Crippen molar-refractivity contribution in [2.45, 2.75) is 6.92 Å². The highest BCUT2D eigenvalue weighted by Crippen LogP contribution is 2.18. The van der Waals surface area contributed by atoms with E-state index in [4.69, 9.17) is 16.0 Å². The molecular formula is C17H12ClNO3. The van der Waals surface area contributed by atoms with E-state index in [9.17, 15) is 9.59 Å². The number of carbonyl (C=O) groups excluding carboxylic acids is 1. The number of fused-ring (bicyclic) bond motifs is 1. The summed E-state index contributed by atoms with van der Waals surface area (Å²) in [5.74, 6) is -0.536. The van der Waals surface area contributed by atoms with E-state index in [2.05, 4.69) is 5.32 Å². The van der Waals surface area contributed by atoms with Gasteiger partial charge in [0.15, 0.2) is 11.2 Å². The maximum atomic E-state index is 12.2. The number of carbonyl (C=O) groups is 1. The summed E-state index contributed by atoms with van der Waals surface area (Å²) in [4.78, 5) is 24.3. The van der Waals surface area contributed by atoms with E-state index < -0.39 is 5.91 Å². The van der Waals surface area contributed by atoms with Crippen molar-refractivity contribution in [3.05, 3.63) is 75.1 Å². The quantitative estimate of drug-likeness (QED) is 0.777. The van der Waals surface area contributed by atoms with E-state index in [1.807, 2.05) is 13.0 Å². The average Bonchev–Trinajstić information content (AvgIpc) is 2.46. The largest absolute Gasteiger partial charge is 0.451 e. The number of amides is 1. The second kappa shape index (κ2) is 5.66. The van der Waals surface area contributed by atoms with Crippen LogP contribution in [0.2, 0.25) is 5.02 Å². The molecule has 0 saturated heterocycles. The summed E-state index contributed by atoms with van der Waals surface area (Å²) >= 11 is 5.87. The number of aryl methyl sites for hydroxylation is 1. The van der Waals surface area contributed by atoms with Crippen LogP contribution in [0.1, 0.15) is 16.1 Å². The van der Waals surface area contributed by atoms with Crippen molar-refractivity contribution in [1.29, 1.82) is 0 Å². The Kier molecular flexibility index (Phi) is 3.69. The van der Waals surface area contributed by atoms with Crippen molar-refractivity contribution in [1.82, 2.24) is 0 Å². The second-order valence-corrected chi connectivity index (χ2v) is 5.38.